The van der Waals surface area contributed by atoms with Crippen LogP contribution < -0.4 is 9.64 Å². The van der Waals surface area contributed by atoms with Gasteiger partial charge in [-0.25, -0.2) is 9.69 Å². The van der Waals surface area contributed by atoms with E-state index in [1.165, 1.54) is 49.5 Å². The van der Waals surface area contributed by atoms with Crippen molar-refractivity contribution >= 4 is 17.6 Å². The van der Waals surface area contributed by atoms with Gasteiger partial charge in [0, 0.05) is 13.2 Å². The number of urea groups is 1. The van der Waals surface area contributed by atoms with Gasteiger partial charge < -0.3 is 14.6 Å². The van der Waals surface area contributed by atoms with Crippen LogP contribution in [0.1, 0.15) is 18.1 Å². The van der Waals surface area contributed by atoms with Crippen molar-refractivity contribution in [3.8, 4) is 17.6 Å². The van der Waals surface area contributed by atoms with Crippen molar-refractivity contribution in [1.29, 1.82) is 5.26 Å². The summed E-state index contributed by atoms with van der Waals surface area (Å²) in [6.07, 6.45) is 0. The number of nitriles is 1. The molecule has 28 heavy (non-hydrogen) atoms. The molecular formula is C20H19N3O5. The number of carbonyl (C=O) groups excluding carboxylic acids is 2. The molecule has 1 atom stereocenters. The fourth-order valence-corrected chi connectivity index (χ4v) is 3.25. The number of rotatable bonds is 5. The summed E-state index contributed by atoms with van der Waals surface area (Å²) in [6.45, 7) is 1.52. The third-order valence-electron chi connectivity index (χ3n) is 4.83. The van der Waals surface area contributed by atoms with Crippen LogP contribution in [0.3, 0.4) is 0 Å². The lowest BCUT2D eigenvalue weighted by Gasteiger charge is -2.31. The summed E-state index contributed by atoms with van der Waals surface area (Å²) >= 11 is 0. The van der Waals surface area contributed by atoms with Gasteiger partial charge in [0.1, 0.15) is 29.8 Å². The molecule has 0 aliphatic carbocycles. The van der Waals surface area contributed by atoms with Crippen molar-refractivity contribution in [3.05, 3.63) is 53.6 Å². The average Bonchev–Trinajstić information content (AvgIpc) is 2.89. The molecule has 144 valence electrons. The normalized spacial score (nSPS) is 19.1. The fourth-order valence-electron chi connectivity index (χ4n) is 3.25. The van der Waals surface area contributed by atoms with Crippen LogP contribution in [-0.2, 0) is 15.1 Å². The van der Waals surface area contributed by atoms with Gasteiger partial charge >= 0.3 is 6.03 Å². The van der Waals surface area contributed by atoms with Gasteiger partial charge in [-0.3, -0.25) is 9.69 Å². The second kappa shape index (κ2) is 7.21. The van der Waals surface area contributed by atoms with E-state index in [4.69, 9.17) is 14.7 Å². The molecule has 2 aromatic carbocycles. The van der Waals surface area contributed by atoms with Crippen molar-refractivity contribution in [2.45, 2.75) is 12.5 Å². The summed E-state index contributed by atoms with van der Waals surface area (Å²) in [5.41, 5.74) is -0.222. The Bertz CT molecular complexity index is 967. The Morgan fingerprint density at radius 3 is 2.39 bits per heavy atom. The van der Waals surface area contributed by atoms with Crippen LogP contribution in [0.5, 0.6) is 11.5 Å². The van der Waals surface area contributed by atoms with Crippen molar-refractivity contribution < 1.29 is 24.2 Å². The van der Waals surface area contributed by atoms with Crippen LogP contribution in [0.15, 0.2) is 42.5 Å². The molecule has 1 aliphatic heterocycles. The standard InChI is InChI=1S/C20H19N3O5/c1-20(14-5-8-16(24)9-6-14)18(25)23(19(26)22(20)12-27-2)15-7-4-13(11-21)17(10-15)28-3/h4-10,24H,12H2,1-3H3. The van der Waals surface area contributed by atoms with E-state index >= 15 is 0 Å². The van der Waals surface area contributed by atoms with Crippen LogP contribution in [0.4, 0.5) is 10.5 Å². The molecule has 1 unspecified atom stereocenters. The van der Waals surface area contributed by atoms with E-state index < -0.39 is 17.5 Å². The molecule has 1 saturated heterocycles. The summed E-state index contributed by atoms with van der Waals surface area (Å²) < 4.78 is 10.4. The highest BCUT2D eigenvalue weighted by Gasteiger charge is 2.56. The van der Waals surface area contributed by atoms with E-state index in [0.717, 1.165) is 4.90 Å². The number of ether oxygens (including phenoxy) is 2. The number of aromatic hydroxyl groups is 1. The van der Waals surface area contributed by atoms with Gasteiger partial charge in [-0.2, -0.15) is 5.26 Å². The lowest BCUT2D eigenvalue weighted by molar-refractivity contribution is -0.126. The summed E-state index contributed by atoms with van der Waals surface area (Å²) in [6, 6.07) is 12.0. The Balaban J connectivity index is 2.12. The summed E-state index contributed by atoms with van der Waals surface area (Å²) in [5, 5.41) is 18.7. The van der Waals surface area contributed by atoms with Crippen LogP contribution in [0, 0.1) is 11.3 Å². The molecule has 8 nitrogen and oxygen atoms in total. The van der Waals surface area contributed by atoms with E-state index in [-0.39, 0.29) is 23.9 Å². The highest BCUT2D eigenvalue weighted by Crippen LogP contribution is 2.40. The number of nitrogens with zero attached hydrogens (tertiary/aromatic N) is 3. The third-order valence-corrected chi connectivity index (χ3v) is 4.83. The molecule has 1 N–H and O–H groups in total. The van der Waals surface area contributed by atoms with E-state index in [1.54, 1.807) is 19.1 Å². The number of hydrogen-bond donors (Lipinski definition) is 1. The molecule has 1 fully saturated rings. The van der Waals surface area contributed by atoms with E-state index in [1.807, 2.05) is 6.07 Å². The molecule has 2 aromatic rings. The second-order valence-corrected chi connectivity index (χ2v) is 6.38. The van der Waals surface area contributed by atoms with Gasteiger partial charge in [0.15, 0.2) is 0 Å². The minimum Gasteiger partial charge on any atom is -0.508 e. The molecule has 1 heterocycles. The second-order valence-electron chi connectivity index (χ2n) is 6.38. The van der Waals surface area contributed by atoms with Crippen molar-refractivity contribution in [2.75, 3.05) is 25.9 Å². The number of phenols is 1. The molecule has 0 bridgehead atoms. The Morgan fingerprint density at radius 2 is 1.82 bits per heavy atom. The lowest BCUT2D eigenvalue weighted by Crippen LogP contribution is -2.45. The van der Waals surface area contributed by atoms with Gasteiger partial charge in [0.2, 0.25) is 0 Å². The molecular weight excluding hydrogens is 362 g/mol. The van der Waals surface area contributed by atoms with Crippen LogP contribution in [0.25, 0.3) is 0 Å². The van der Waals surface area contributed by atoms with Gasteiger partial charge in [-0.1, -0.05) is 12.1 Å². The number of benzene rings is 2. The number of carbonyl (C=O) groups is 2. The number of hydrogen-bond acceptors (Lipinski definition) is 6. The summed E-state index contributed by atoms with van der Waals surface area (Å²) in [7, 11) is 2.84. The Kier molecular flexibility index (Phi) is 4.94. The zero-order valence-electron chi connectivity index (χ0n) is 15.7. The maximum atomic E-state index is 13.4. The van der Waals surface area contributed by atoms with E-state index in [9.17, 15) is 14.7 Å². The fraction of sp³-hybridized carbons (Fsp3) is 0.250. The zero-order valence-corrected chi connectivity index (χ0v) is 15.7. The van der Waals surface area contributed by atoms with Crippen LogP contribution in [-0.4, -0.2) is 42.9 Å². The first kappa shape index (κ1) is 19.2. The third kappa shape index (κ3) is 2.82. The number of imide groups is 1. The maximum Gasteiger partial charge on any atom is 0.334 e. The first-order chi connectivity index (χ1) is 13.4. The van der Waals surface area contributed by atoms with Crippen molar-refractivity contribution in [2.24, 2.45) is 0 Å². The molecule has 1 aliphatic rings. The molecule has 0 saturated carbocycles. The highest BCUT2D eigenvalue weighted by molar-refractivity contribution is 6.23. The predicted molar refractivity (Wildman–Crippen MR) is 99.8 cm³/mol. The minimum atomic E-state index is -1.33. The van der Waals surface area contributed by atoms with Gasteiger partial charge in [-0.15, -0.1) is 0 Å². The van der Waals surface area contributed by atoms with Crippen molar-refractivity contribution in [3.63, 3.8) is 0 Å². The van der Waals surface area contributed by atoms with Gasteiger partial charge in [0.25, 0.3) is 5.91 Å². The zero-order chi connectivity index (χ0) is 20.5. The summed E-state index contributed by atoms with van der Waals surface area (Å²) in [5.74, 6) is -0.166. The number of anilines is 1. The smallest absolute Gasteiger partial charge is 0.334 e. The molecule has 0 spiro atoms. The largest absolute Gasteiger partial charge is 0.508 e. The monoisotopic (exact) mass is 381 g/mol. The van der Waals surface area contributed by atoms with Crippen LogP contribution >= 0.6 is 0 Å². The van der Waals surface area contributed by atoms with Crippen molar-refractivity contribution in [1.82, 2.24) is 4.90 Å². The van der Waals surface area contributed by atoms with Gasteiger partial charge in [-0.05, 0) is 36.8 Å². The minimum absolute atomic E-state index is 0.0519. The first-order valence-corrected chi connectivity index (χ1v) is 8.41. The SMILES string of the molecule is COCN1C(=O)N(c2ccc(C#N)c(OC)c2)C(=O)C1(C)c1ccc(O)cc1. The molecule has 3 rings (SSSR count). The predicted octanol–water partition coefficient (Wildman–Crippen LogP) is 2.56. The van der Waals surface area contributed by atoms with Gasteiger partial charge in [0.05, 0.1) is 18.4 Å². The molecule has 0 aromatic heterocycles. The maximum absolute atomic E-state index is 13.4. The summed E-state index contributed by atoms with van der Waals surface area (Å²) in [4.78, 5) is 28.9. The topological polar surface area (TPSA) is 103 Å². The Morgan fingerprint density at radius 1 is 1.14 bits per heavy atom. The molecule has 0 radical (unpaired) electrons. The Labute approximate surface area is 162 Å². The average molecular weight is 381 g/mol. The Hall–Kier alpha value is -3.57. The molecule has 3 amide bonds. The van der Waals surface area contributed by atoms with E-state index in [0.29, 0.717) is 11.1 Å². The first-order valence-electron chi connectivity index (χ1n) is 8.41. The lowest BCUT2D eigenvalue weighted by atomic mass is 9.90. The number of methoxy groups -OCH3 is 2. The quantitative estimate of drug-likeness (QED) is 0.799. The molecule has 8 heteroatoms. The number of amides is 3. The van der Waals surface area contributed by atoms with E-state index in [2.05, 4.69) is 0 Å². The number of phenolic OH excluding ortho intramolecular Hbond substituents is 1. The highest BCUT2D eigenvalue weighted by atomic mass is 16.5. The van der Waals surface area contributed by atoms with Crippen LogP contribution in [0.2, 0.25) is 0 Å².